The summed E-state index contributed by atoms with van der Waals surface area (Å²) in [6.45, 7) is 0.303. The van der Waals surface area contributed by atoms with Gasteiger partial charge in [0.25, 0.3) is 0 Å². The summed E-state index contributed by atoms with van der Waals surface area (Å²) < 4.78 is 10.6. The van der Waals surface area contributed by atoms with E-state index in [2.05, 4.69) is 20.9 Å². The van der Waals surface area contributed by atoms with Gasteiger partial charge in [0.2, 0.25) is 6.79 Å². The monoisotopic (exact) mass is 265 g/mol. The highest BCUT2D eigenvalue weighted by Crippen LogP contribution is 2.35. The summed E-state index contributed by atoms with van der Waals surface area (Å²) in [6, 6.07) is 7.92. The van der Waals surface area contributed by atoms with Gasteiger partial charge in [-0.1, -0.05) is 22.0 Å². The highest BCUT2D eigenvalue weighted by Gasteiger charge is 2.14. The Hall–Kier alpha value is -1.29. The molecule has 0 radical (unpaired) electrons. The topological polar surface area (TPSA) is 31.4 Å². The summed E-state index contributed by atoms with van der Waals surface area (Å²) in [7, 11) is 0. The Morgan fingerprint density at radius 1 is 1.20 bits per heavy atom. The van der Waals surface area contributed by atoms with Gasteiger partial charge in [-0.2, -0.15) is 0 Å². The minimum atomic E-state index is 0.303. The number of ether oxygens (including phenoxy) is 2. The van der Waals surface area contributed by atoms with Gasteiger partial charge < -0.3 is 9.47 Å². The van der Waals surface area contributed by atoms with Crippen LogP contribution in [-0.4, -0.2) is 11.8 Å². The van der Waals surface area contributed by atoms with Gasteiger partial charge >= 0.3 is 0 Å². The molecule has 0 unspecified atom stereocenters. The first-order chi connectivity index (χ1) is 7.36. The van der Waals surface area contributed by atoms with Crippen molar-refractivity contribution in [2.45, 2.75) is 5.33 Å². The van der Waals surface area contributed by atoms with Crippen molar-refractivity contribution in [3.8, 4) is 11.5 Å². The normalized spacial score (nSPS) is 13.4. The minimum absolute atomic E-state index is 0.303. The van der Waals surface area contributed by atoms with E-state index in [4.69, 9.17) is 9.47 Å². The van der Waals surface area contributed by atoms with Gasteiger partial charge in [-0.15, -0.1) is 0 Å². The number of benzene rings is 1. The Bertz CT molecular complexity index is 527. The summed E-state index contributed by atoms with van der Waals surface area (Å²) in [5.74, 6) is 1.58. The predicted octanol–water partition coefficient (Wildman–Crippen LogP) is 2.86. The van der Waals surface area contributed by atoms with Crippen molar-refractivity contribution in [1.82, 2.24) is 4.98 Å². The number of halogens is 1. The average molecular weight is 266 g/mol. The van der Waals surface area contributed by atoms with E-state index in [1.165, 1.54) is 0 Å². The molecule has 2 aromatic rings. The fraction of sp³-hybridized carbons (Fsp3) is 0.182. The molecule has 0 atom stereocenters. The average Bonchev–Trinajstić information content (AvgIpc) is 2.72. The fourth-order valence-corrected chi connectivity index (χ4v) is 1.94. The summed E-state index contributed by atoms with van der Waals surface area (Å²) in [4.78, 5) is 4.49. The predicted molar refractivity (Wildman–Crippen MR) is 60.5 cm³/mol. The number of hydrogen-bond donors (Lipinski definition) is 0. The van der Waals surface area contributed by atoms with Crippen LogP contribution >= 0.6 is 15.9 Å². The van der Waals surface area contributed by atoms with Crippen molar-refractivity contribution < 1.29 is 9.47 Å². The van der Waals surface area contributed by atoms with E-state index in [1.54, 1.807) is 0 Å². The van der Waals surface area contributed by atoms with Crippen LogP contribution in [0, 0.1) is 0 Å². The van der Waals surface area contributed by atoms with Gasteiger partial charge in [0, 0.05) is 16.8 Å². The third kappa shape index (κ3) is 1.45. The van der Waals surface area contributed by atoms with Crippen LogP contribution in [0.25, 0.3) is 10.9 Å². The number of rotatable bonds is 1. The first kappa shape index (κ1) is 8.97. The molecule has 0 saturated carbocycles. The number of hydrogen-bond acceptors (Lipinski definition) is 3. The minimum Gasteiger partial charge on any atom is -0.454 e. The standard InChI is InChI=1S/C11H8BrNO2/c12-5-8-2-1-7-3-10-11(15-6-14-10)4-9(7)13-8/h1-4H,5-6H2. The van der Waals surface area contributed by atoms with Crippen LogP contribution in [0.5, 0.6) is 11.5 Å². The van der Waals surface area contributed by atoms with Crippen LogP contribution in [-0.2, 0) is 5.33 Å². The second-order valence-corrected chi connectivity index (χ2v) is 3.90. The Labute approximate surface area is 95.2 Å². The second kappa shape index (κ2) is 3.38. The molecule has 2 heterocycles. The molecule has 0 spiro atoms. The van der Waals surface area contributed by atoms with E-state index in [-0.39, 0.29) is 0 Å². The van der Waals surface area contributed by atoms with Crippen LogP contribution in [0.15, 0.2) is 24.3 Å². The molecular formula is C11H8BrNO2. The molecule has 4 heteroatoms. The number of aromatic nitrogens is 1. The smallest absolute Gasteiger partial charge is 0.231 e. The molecule has 0 amide bonds. The van der Waals surface area contributed by atoms with Crippen LogP contribution in [0.2, 0.25) is 0 Å². The molecule has 1 aliphatic rings. The lowest BCUT2D eigenvalue weighted by Gasteiger charge is -2.01. The quantitative estimate of drug-likeness (QED) is 0.744. The lowest BCUT2D eigenvalue weighted by atomic mass is 10.2. The van der Waals surface area contributed by atoms with E-state index in [9.17, 15) is 0 Å². The Morgan fingerprint density at radius 2 is 2.00 bits per heavy atom. The molecule has 0 aliphatic carbocycles. The van der Waals surface area contributed by atoms with Gasteiger partial charge in [-0.3, -0.25) is 4.98 Å². The number of fused-ring (bicyclic) bond motifs is 2. The van der Waals surface area contributed by atoms with Gasteiger partial charge in [0.1, 0.15) is 0 Å². The molecule has 76 valence electrons. The van der Waals surface area contributed by atoms with E-state index in [0.717, 1.165) is 33.4 Å². The highest BCUT2D eigenvalue weighted by atomic mass is 79.9. The van der Waals surface area contributed by atoms with E-state index in [0.29, 0.717) is 6.79 Å². The van der Waals surface area contributed by atoms with Gasteiger partial charge in [-0.05, 0) is 12.1 Å². The Morgan fingerprint density at radius 3 is 2.80 bits per heavy atom. The highest BCUT2D eigenvalue weighted by molar-refractivity contribution is 9.08. The maximum Gasteiger partial charge on any atom is 0.231 e. The zero-order chi connectivity index (χ0) is 10.3. The molecule has 1 aromatic carbocycles. The zero-order valence-electron chi connectivity index (χ0n) is 7.87. The van der Waals surface area contributed by atoms with Crippen molar-refractivity contribution in [2.75, 3.05) is 6.79 Å². The van der Waals surface area contributed by atoms with Crippen LogP contribution < -0.4 is 9.47 Å². The van der Waals surface area contributed by atoms with Crippen LogP contribution in [0.1, 0.15) is 5.69 Å². The fourth-order valence-electron chi connectivity index (χ4n) is 1.63. The molecule has 0 saturated heterocycles. The Balaban J connectivity index is 2.24. The summed E-state index contributed by atoms with van der Waals surface area (Å²) in [5, 5.41) is 1.83. The number of pyridine rings is 1. The SMILES string of the molecule is BrCc1ccc2cc3c(cc2n1)OCO3. The first-order valence-electron chi connectivity index (χ1n) is 4.62. The molecule has 3 rings (SSSR count). The van der Waals surface area contributed by atoms with Crippen molar-refractivity contribution in [1.29, 1.82) is 0 Å². The largest absolute Gasteiger partial charge is 0.454 e. The second-order valence-electron chi connectivity index (χ2n) is 3.33. The number of nitrogens with zero attached hydrogens (tertiary/aromatic N) is 1. The van der Waals surface area contributed by atoms with E-state index in [1.807, 2.05) is 24.3 Å². The molecule has 0 bridgehead atoms. The number of alkyl halides is 1. The van der Waals surface area contributed by atoms with Crippen LogP contribution in [0.3, 0.4) is 0 Å². The van der Waals surface area contributed by atoms with Crippen molar-refractivity contribution >= 4 is 26.8 Å². The van der Waals surface area contributed by atoms with Gasteiger partial charge in [0.05, 0.1) is 11.2 Å². The molecule has 1 aromatic heterocycles. The molecule has 0 N–H and O–H groups in total. The third-order valence-electron chi connectivity index (χ3n) is 2.38. The van der Waals surface area contributed by atoms with Gasteiger partial charge in [-0.25, -0.2) is 0 Å². The lowest BCUT2D eigenvalue weighted by molar-refractivity contribution is 0.174. The summed E-state index contributed by atoms with van der Waals surface area (Å²) >= 11 is 3.39. The maximum absolute atomic E-state index is 5.31. The van der Waals surface area contributed by atoms with Crippen molar-refractivity contribution in [2.24, 2.45) is 0 Å². The zero-order valence-corrected chi connectivity index (χ0v) is 9.45. The molecule has 1 aliphatic heterocycles. The van der Waals surface area contributed by atoms with E-state index < -0.39 is 0 Å². The van der Waals surface area contributed by atoms with Crippen LogP contribution in [0.4, 0.5) is 0 Å². The van der Waals surface area contributed by atoms with E-state index >= 15 is 0 Å². The Kier molecular flexibility index (Phi) is 2.02. The third-order valence-corrected chi connectivity index (χ3v) is 2.95. The summed E-state index contributed by atoms with van der Waals surface area (Å²) in [6.07, 6.45) is 0. The molecule has 3 nitrogen and oxygen atoms in total. The lowest BCUT2D eigenvalue weighted by Crippen LogP contribution is -1.92. The molecule has 0 fully saturated rings. The maximum atomic E-state index is 5.31. The van der Waals surface area contributed by atoms with Crippen molar-refractivity contribution in [3.63, 3.8) is 0 Å². The summed E-state index contributed by atoms with van der Waals surface area (Å²) in [5.41, 5.74) is 1.96. The van der Waals surface area contributed by atoms with Gasteiger partial charge in [0.15, 0.2) is 11.5 Å². The molecular weight excluding hydrogens is 258 g/mol. The van der Waals surface area contributed by atoms with Crippen molar-refractivity contribution in [3.05, 3.63) is 30.0 Å². The first-order valence-corrected chi connectivity index (χ1v) is 5.74. The molecule has 15 heavy (non-hydrogen) atoms.